The Labute approximate surface area is 84.6 Å². The third-order valence-corrected chi connectivity index (χ3v) is 2.04. The highest BCUT2D eigenvalue weighted by atomic mass is 35.5. The van der Waals surface area contributed by atoms with Gasteiger partial charge < -0.3 is 5.21 Å². The van der Waals surface area contributed by atoms with E-state index >= 15 is 0 Å². The average molecular weight is 222 g/mol. The summed E-state index contributed by atoms with van der Waals surface area (Å²) in [5, 5.41) is 11.9. The van der Waals surface area contributed by atoms with E-state index in [1.165, 1.54) is 12.1 Å². The van der Waals surface area contributed by atoms with E-state index in [9.17, 15) is 4.39 Å². The summed E-state index contributed by atoms with van der Waals surface area (Å²) < 4.78 is 12.2. The standard InChI is InChI=1S/C8H6Cl2FNO/c9-5-1-2-6(7(10)3-5)8(4-11)12-13/h1-3,13H,4H2/b12-8+. The first-order valence-corrected chi connectivity index (χ1v) is 4.17. The van der Waals surface area contributed by atoms with Gasteiger partial charge in [0.25, 0.3) is 0 Å². The summed E-state index contributed by atoms with van der Waals surface area (Å²) in [5.41, 5.74) is 0.234. The zero-order chi connectivity index (χ0) is 9.84. The van der Waals surface area contributed by atoms with Crippen molar-refractivity contribution in [1.82, 2.24) is 0 Å². The maximum Gasteiger partial charge on any atom is 0.135 e. The van der Waals surface area contributed by atoms with Gasteiger partial charge in [-0.15, -0.1) is 0 Å². The van der Waals surface area contributed by atoms with Gasteiger partial charge in [0.1, 0.15) is 12.4 Å². The molecule has 0 aliphatic heterocycles. The fourth-order valence-corrected chi connectivity index (χ4v) is 1.39. The maximum absolute atomic E-state index is 12.2. The second-order valence-corrected chi connectivity index (χ2v) is 3.15. The second kappa shape index (κ2) is 4.44. The van der Waals surface area contributed by atoms with Gasteiger partial charge in [-0.05, 0) is 18.2 Å². The number of alkyl halides is 1. The second-order valence-electron chi connectivity index (χ2n) is 2.30. The molecule has 0 saturated carbocycles. The fourth-order valence-electron chi connectivity index (χ4n) is 0.876. The molecule has 1 rings (SSSR count). The molecule has 0 atom stereocenters. The van der Waals surface area contributed by atoms with Gasteiger partial charge in [0, 0.05) is 10.6 Å². The molecular weight excluding hydrogens is 216 g/mol. The minimum atomic E-state index is -0.877. The van der Waals surface area contributed by atoms with Crippen LogP contribution in [0.3, 0.4) is 0 Å². The molecule has 0 radical (unpaired) electrons. The normalized spacial score (nSPS) is 11.8. The Morgan fingerprint density at radius 3 is 2.62 bits per heavy atom. The van der Waals surface area contributed by atoms with Crippen molar-refractivity contribution in [3.05, 3.63) is 33.8 Å². The van der Waals surface area contributed by atoms with Crippen LogP contribution in [0.4, 0.5) is 4.39 Å². The zero-order valence-corrected chi connectivity index (χ0v) is 7.98. The van der Waals surface area contributed by atoms with Crippen LogP contribution in [0, 0.1) is 0 Å². The molecule has 0 aliphatic rings. The zero-order valence-electron chi connectivity index (χ0n) is 6.47. The van der Waals surface area contributed by atoms with Gasteiger partial charge in [0.2, 0.25) is 0 Å². The SMILES string of the molecule is O/N=C(\CF)c1ccc(Cl)cc1Cl. The highest BCUT2D eigenvalue weighted by Crippen LogP contribution is 2.21. The largest absolute Gasteiger partial charge is 0.411 e. The van der Waals surface area contributed by atoms with Crippen LogP contribution in [0.25, 0.3) is 0 Å². The minimum Gasteiger partial charge on any atom is -0.411 e. The van der Waals surface area contributed by atoms with Crippen LogP contribution >= 0.6 is 23.2 Å². The van der Waals surface area contributed by atoms with Crippen molar-refractivity contribution in [2.24, 2.45) is 5.16 Å². The number of hydrogen-bond acceptors (Lipinski definition) is 2. The van der Waals surface area contributed by atoms with E-state index in [-0.39, 0.29) is 10.7 Å². The van der Waals surface area contributed by atoms with E-state index in [4.69, 9.17) is 28.4 Å². The topological polar surface area (TPSA) is 32.6 Å². The number of rotatable bonds is 2. The summed E-state index contributed by atoms with van der Waals surface area (Å²) in [5.74, 6) is 0. The van der Waals surface area contributed by atoms with Crippen molar-refractivity contribution in [2.75, 3.05) is 6.67 Å². The van der Waals surface area contributed by atoms with E-state index in [1.807, 2.05) is 0 Å². The van der Waals surface area contributed by atoms with Crippen LogP contribution in [-0.2, 0) is 0 Å². The molecule has 0 aliphatic carbocycles. The quantitative estimate of drug-likeness (QED) is 0.465. The Morgan fingerprint density at radius 1 is 1.46 bits per heavy atom. The summed E-state index contributed by atoms with van der Waals surface area (Å²) in [7, 11) is 0. The van der Waals surface area contributed by atoms with Crippen LogP contribution in [0.15, 0.2) is 23.4 Å². The van der Waals surface area contributed by atoms with Crippen molar-refractivity contribution in [3.8, 4) is 0 Å². The Bertz CT molecular complexity index is 341. The van der Waals surface area contributed by atoms with E-state index in [0.717, 1.165) is 0 Å². The van der Waals surface area contributed by atoms with Gasteiger partial charge >= 0.3 is 0 Å². The molecule has 70 valence electrons. The smallest absolute Gasteiger partial charge is 0.135 e. The first-order chi connectivity index (χ1) is 6.19. The van der Waals surface area contributed by atoms with Crippen LogP contribution in [-0.4, -0.2) is 17.6 Å². The molecule has 0 amide bonds. The summed E-state index contributed by atoms with van der Waals surface area (Å²) in [6, 6.07) is 4.50. The Morgan fingerprint density at radius 2 is 2.15 bits per heavy atom. The van der Waals surface area contributed by atoms with Crippen molar-refractivity contribution < 1.29 is 9.60 Å². The summed E-state index contributed by atoms with van der Waals surface area (Å²) in [6.45, 7) is -0.877. The van der Waals surface area contributed by atoms with Crippen molar-refractivity contribution in [3.63, 3.8) is 0 Å². The predicted molar refractivity (Wildman–Crippen MR) is 50.8 cm³/mol. The van der Waals surface area contributed by atoms with E-state index < -0.39 is 6.67 Å². The number of oxime groups is 1. The van der Waals surface area contributed by atoms with Gasteiger partial charge in [-0.3, -0.25) is 0 Å². The number of hydrogen-bond donors (Lipinski definition) is 1. The lowest BCUT2D eigenvalue weighted by atomic mass is 10.1. The molecule has 5 heteroatoms. The molecule has 2 nitrogen and oxygen atoms in total. The maximum atomic E-state index is 12.2. The number of halogens is 3. The van der Waals surface area contributed by atoms with Gasteiger partial charge in [0.15, 0.2) is 0 Å². The molecule has 0 spiro atoms. The van der Waals surface area contributed by atoms with Crippen molar-refractivity contribution >= 4 is 28.9 Å². The number of nitrogens with zero attached hydrogens (tertiary/aromatic N) is 1. The lowest BCUT2D eigenvalue weighted by Gasteiger charge is -2.02. The third-order valence-electron chi connectivity index (χ3n) is 1.49. The van der Waals surface area contributed by atoms with Crippen LogP contribution in [0.2, 0.25) is 10.0 Å². The highest BCUT2D eigenvalue weighted by Gasteiger charge is 2.08. The Hall–Kier alpha value is -0.800. The van der Waals surface area contributed by atoms with Gasteiger partial charge in [0.05, 0.1) is 5.02 Å². The molecule has 0 fully saturated rings. The molecule has 0 aromatic heterocycles. The summed E-state index contributed by atoms with van der Waals surface area (Å²) >= 11 is 11.4. The van der Waals surface area contributed by atoms with Crippen molar-refractivity contribution in [1.29, 1.82) is 0 Å². The monoisotopic (exact) mass is 221 g/mol. The van der Waals surface area contributed by atoms with E-state index in [0.29, 0.717) is 10.6 Å². The molecule has 1 aromatic rings. The summed E-state index contributed by atoms with van der Waals surface area (Å²) in [6.07, 6.45) is 0. The van der Waals surface area contributed by atoms with Crippen LogP contribution in [0.1, 0.15) is 5.56 Å². The van der Waals surface area contributed by atoms with Crippen LogP contribution < -0.4 is 0 Å². The number of benzene rings is 1. The van der Waals surface area contributed by atoms with Crippen molar-refractivity contribution in [2.45, 2.75) is 0 Å². The molecule has 0 heterocycles. The fraction of sp³-hybridized carbons (Fsp3) is 0.125. The van der Waals surface area contributed by atoms with Gasteiger partial charge in [-0.1, -0.05) is 28.4 Å². The molecule has 1 N–H and O–H groups in total. The van der Waals surface area contributed by atoms with E-state index in [2.05, 4.69) is 5.16 Å². The Balaban J connectivity index is 3.15. The Kier molecular flexibility index (Phi) is 3.51. The van der Waals surface area contributed by atoms with Crippen LogP contribution in [0.5, 0.6) is 0 Å². The lowest BCUT2D eigenvalue weighted by Crippen LogP contribution is -2.03. The van der Waals surface area contributed by atoms with Gasteiger partial charge in [-0.2, -0.15) is 0 Å². The first-order valence-electron chi connectivity index (χ1n) is 3.41. The van der Waals surface area contributed by atoms with E-state index in [1.54, 1.807) is 6.07 Å². The predicted octanol–water partition coefficient (Wildman–Crippen LogP) is 3.14. The molecule has 1 aromatic carbocycles. The third kappa shape index (κ3) is 2.32. The minimum absolute atomic E-state index is 0.110. The highest BCUT2D eigenvalue weighted by molar-refractivity contribution is 6.37. The lowest BCUT2D eigenvalue weighted by molar-refractivity contribution is 0.316. The molecule has 0 bridgehead atoms. The summed E-state index contributed by atoms with van der Waals surface area (Å²) in [4.78, 5) is 0. The van der Waals surface area contributed by atoms with Gasteiger partial charge in [-0.25, -0.2) is 4.39 Å². The molecule has 13 heavy (non-hydrogen) atoms. The molecular formula is C8H6Cl2FNO. The molecule has 0 saturated heterocycles. The average Bonchev–Trinajstić information content (AvgIpc) is 2.10. The first kappa shape index (κ1) is 10.3. The molecule has 0 unspecified atom stereocenters.